The zero-order chi connectivity index (χ0) is 17.7. The number of benzene rings is 1. The molecule has 0 unspecified atom stereocenters. The fourth-order valence-electron chi connectivity index (χ4n) is 2.67. The summed E-state index contributed by atoms with van der Waals surface area (Å²) < 4.78 is 26.8. The number of rotatable bonds is 5. The predicted octanol–water partition coefficient (Wildman–Crippen LogP) is 1.41. The second-order valence-electron chi connectivity index (χ2n) is 5.72. The van der Waals surface area contributed by atoms with Crippen LogP contribution in [0.1, 0.15) is 36.5 Å². The van der Waals surface area contributed by atoms with Gasteiger partial charge in [0.2, 0.25) is 15.9 Å². The van der Waals surface area contributed by atoms with E-state index in [0.29, 0.717) is 32.5 Å². The molecule has 24 heavy (non-hydrogen) atoms. The van der Waals surface area contributed by atoms with Crippen molar-refractivity contribution in [1.82, 2.24) is 9.21 Å². The minimum Gasteiger partial charge on any atom is -0.478 e. The quantitative estimate of drug-likeness (QED) is 0.862. The summed E-state index contributed by atoms with van der Waals surface area (Å²) in [7, 11) is -3.69. The Balaban J connectivity index is 2.12. The first-order valence-corrected chi connectivity index (χ1v) is 9.41. The minimum absolute atomic E-state index is 0.0427. The molecule has 0 aliphatic carbocycles. The van der Waals surface area contributed by atoms with Crippen molar-refractivity contribution in [2.24, 2.45) is 0 Å². The van der Waals surface area contributed by atoms with Crippen molar-refractivity contribution in [3.63, 3.8) is 0 Å². The molecule has 8 heteroatoms. The molecule has 0 radical (unpaired) electrons. The van der Waals surface area contributed by atoms with E-state index in [9.17, 15) is 18.0 Å². The molecule has 1 fully saturated rings. The van der Waals surface area contributed by atoms with Crippen molar-refractivity contribution in [3.8, 4) is 0 Å². The molecule has 0 atom stereocenters. The highest BCUT2D eigenvalue weighted by Crippen LogP contribution is 2.19. The van der Waals surface area contributed by atoms with Crippen LogP contribution >= 0.6 is 0 Å². The van der Waals surface area contributed by atoms with Crippen molar-refractivity contribution in [2.45, 2.75) is 31.1 Å². The summed E-state index contributed by atoms with van der Waals surface area (Å²) in [5.74, 6) is -1.04. The monoisotopic (exact) mass is 354 g/mol. The molecule has 0 spiro atoms. The average Bonchev–Trinajstić information content (AvgIpc) is 2.81. The number of sulfonamides is 1. The standard InChI is InChI=1S/C16H22N2O5S/c1-2-4-15(19)17-9-3-10-18(12-11-17)24(22,23)14-7-5-13(6-8-14)16(20)21/h5-8H,2-4,9-12H2,1H3,(H,20,21). The molecule has 7 nitrogen and oxygen atoms in total. The van der Waals surface area contributed by atoms with Crippen LogP contribution < -0.4 is 0 Å². The predicted molar refractivity (Wildman–Crippen MR) is 88.3 cm³/mol. The maximum absolute atomic E-state index is 12.7. The maximum atomic E-state index is 12.7. The highest BCUT2D eigenvalue weighted by atomic mass is 32.2. The fourth-order valence-corrected chi connectivity index (χ4v) is 4.14. The molecule has 1 aliphatic rings. The molecule has 1 saturated heterocycles. The minimum atomic E-state index is -3.69. The topological polar surface area (TPSA) is 95.0 Å². The molecule has 1 amide bonds. The molecule has 1 aromatic carbocycles. The van der Waals surface area contributed by atoms with Gasteiger partial charge in [0, 0.05) is 32.6 Å². The number of carboxylic acids is 1. The molecule has 132 valence electrons. The molecule has 1 heterocycles. The van der Waals surface area contributed by atoms with Crippen LogP contribution in [0.25, 0.3) is 0 Å². The van der Waals surface area contributed by atoms with Crippen LogP contribution in [-0.2, 0) is 14.8 Å². The normalized spacial score (nSPS) is 16.6. The Labute approximate surface area is 141 Å². The molecule has 1 N–H and O–H groups in total. The number of hydrogen-bond donors (Lipinski definition) is 1. The van der Waals surface area contributed by atoms with E-state index in [1.165, 1.54) is 28.6 Å². The fraction of sp³-hybridized carbons (Fsp3) is 0.500. The van der Waals surface area contributed by atoms with Gasteiger partial charge in [-0.1, -0.05) is 6.92 Å². The van der Waals surface area contributed by atoms with Gasteiger partial charge in [-0.3, -0.25) is 4.79 Å². The molecule has 0 aromatic heterocycles. The first-order chi connectivity index (χ1) is 11.4. The summed E-state index contributed by atoms with van der Waals surface area (Å²) in [6.07, 6.45) is 1.83. The first kappa shape index (κ1) is 18.4. The van der Waals surface area contributed by atoms with Crippen molar-refractivity contribution < 1.29 is 23.1 Å². The van der Waals surface area contributed by atoms with Gasteiger partial charge in [0.1, 0.15) is 0 Å². The summed E-state index contributed by atoms with van der Waals surface area (Å²) in [6.45, 7) is 3.47. The van der Waals surface area contributed by atoms with E-state index in [2.05, 4.69) is 0 Å². The van der Waals surface area contributed by atoms with E-state index in [1.807, 2.05) is 6.92 Å². The zero-order valence-electron chi connectivity index (χ0n) is 13.6. The second-order valence-corrected chi connectivity index (χ2v) is 7.66. The van der Waals surface area contributed by atoms with Gasteiger partial charge in [-0.15, -0.1) is 0 Å². The van der Waals surface area contributed by atoms with Gasteiger partial charge in [-0.25, -0.2) is 13.2 Å². The molecule has 0 saturated carbocycles. The van der Waals surface area contributed by atoms with Crippen LogP contribution in [0.5, 0.6) is 0 Å². The van der Waals surface area contributed by atoms with Gasteiger partial charge in [-0.2, -0.15) is 4.31 Å². The Morgan fingerprint density at radius 1 is 1.08 bits per heavy atom. The summed E-state index contributed by atoms with van der Waals surface area (Å²) in [4.78, 5) is 24.6. The smallest absolute Gasteiger partial charge is 0.335 e. The largest absolute Gasteiger partial charge is 0.478 e. The van der Waals surface area contributed by atoms with Crippen LogP contribution in [0, 0.1) is 0 Å². The van der Waals surface area contributed by atoms with Gasteiger partial charge in [0.15, 0.2) is 0 Å². The second kappa shape index (κ2) is 7.76. The summed E-state index contributed by atoms with van der Waals surface area (Å²) in [5, 5.41) is 8.89. The van der Waals surface area contributed by atoms with Gasteiger partial charge < -0.3 is 10.0 Å². The lowest BCUT2D eigenvalue weighted by Crippen LogP contribution is -2.37. The molecule has 2 rings (SSSR count). The lowest BCUT2D eigenvalue weighted by atomic mass is 10.2. The van der Waals surface area contributed by atoms with Crippen LogP contribution in [0.2, 0.25) is 0 Å². The number of carbonyl (C=O) groups excluding carboxylic acids is 1. The third kappa shape index (κ3) is 4.12. The van der Waals surface area contributed by atoms with E-state index in [4.69, 9.17) is 5.11 Å². The van der Waals surface area contributed by atoms with Crippen LogP contribution in [0.4, 0.5) is 0 Å². The Morgan fingerprint density at radius 2 is 1.75 bits per heavy atom. The van der Waals surface area contributed by atoms with Crippen molar-refractivity contribution in [2.75, 3.05) is 26.2 Å². The van der Waals surface area contributed by atoms with Crippen LogP contribution in [0.3, 0.4) is 0 Å². The number of amides is 1. The van der Waals surface area contributed by atoms with E-state index >= 15 is 0 Å². The van der Waals surface area contributed by atoms with Crippen molar-refractivity contribution in [3.05, 3.63) is 29.8 Å². The number of nitrogens with zero attached hydrogens (tertiary/aromatic N) is 2. The summed E-state index contributed by atoms with van der Waals surface area (Å²) in [6, 6.07) is 5.18. The first-order valence-electron chi connectivity index (χ1n) is 7.97. The van der Waals surface area contributed by atoms with E-state index < -0.39 is 16.0 Å². The third-order valence-electron chi connectivity index (χ3n) is 4.01. The molecule has 1 aromatic rings. The zero-order valence-corrected chi connectivity index (χ0v) is 14.5. The highest BCUT2D eigenvalue weighted by molar-refractivity contribution is 7.89. The Kier molecular flexibility index (Phi) is 5.95. The summed E-state index contributed by atoms with van der Waals surface area (Å²) >= 11 is 0. The Morgan fingerprint density at radius 3 is 2.33 bits per heavy atom. The lowest BCUT2D eigenvalue weighted by Gasteiger charge is -2.22. The van der Waals surface area contributed by atoms with E-state index in [0.717, 1.165) is 6.42 Å². The van der Waals surface area contributed by atoms with E-state index in [1.54, 1.807) is 4.90 Å². The molecule has 0 bridgehead atoms. The molecular formula is C16H22N2O5S. The highest BCUT2D eigenvalue weighted by Gasteiger charge is 2.28. The van der Waals surface area contributed by atoms with Gasteiger partial charge >= 0.3 is 5.97 Å². The number of hydrogen-bond acceptors (Lipinski definition) is 4. The number of aromatic carboxylic acids is 1. The summed E-state index contributed by atoms with van der Waals surface area (Å²) in [5.41, 5.74) is 0.0427. The van der Waals surface area contributed by atoms with Crippen LogP contribution in [-0.4, -0.2) is 60.8 Å². The lowest BCUT2D eigenvalue weighted by molar-refractivity contribution is -0.131. The van der Waals surface area contributed by atoms with Crippen LogP contribution in [0.15, 0.2) is 29.2 Å². The maximum Gasteiger partial charge on any atom is 0.335 e. The van der Waals surface area contributed by atoms with Crippen molar-refractivity contribution in [1.29, 1.82) is 0 Å². The number of carbonyl (C=O) groups is 2. The van der Waals surface area contributed by atoms with Crippen molar-refractivity contribution >= 4 is 21.9 Å². The molecule has 1 aliphatic heterocycles. The Hall–Kier alpha value is -1.93. The van der Waals surface area contributed by atoms with Gasteiger partial charge in [-0.05, 0) is 37.1 Å². The third-order valence-corrected chi connectivity index (χ3v) is 5.92. The number of carboxylic acid groups (broad SMARTS) is 1. The Bertz CT molecular complexity index is 700. The average molecular weight is 354 g/mol. The molecular weight excluding hydrogens is 332 g/mol. The SMILES string of the molecule is CCCC(=O)N1CCCN(S(=O)(=O)c2ccc(C(=O)O)cc2)CC1. The van der Waals surface area contributed by atoms with E-state index in [-0.39, 0.29) is 22.9 Å². The van der Waals surface area contributed by atoms with Gasteiger partial charge in [0.05, 0.1) is 10.5 Å². The van der Waals surface area contributed by atoms with Gasteiger partial charge in [0.25, 0.3) is 0 Å².